The number of carbonyl (C=O) groups excluding carboxylic acids is 1. The van der Waals surface area contributed by atoms with Gasteiger partial charge in [0.15, 0.2) is 5.69 Å². The van der Waals surface area contributed by atoms with E-state index < -0.39 is 0 Å². The second-order valence-electron chi connectivity index (χ2n) is 6.20. The molecule has 3 aliphatic rings. The van der Waals surface area contributed by atoms with Crippen molar-refractivity contribution in [1.82, 2.24) is 20.4 Å². The summed E-state index contributed by atoms with van der Waals surface area (Å²) in [6.45, 7) is 3.30. The number of ether oxygens (including phenoxy) is 1. The predicted molar refractivity (Wildman–Crippen MR) is 83.1 cm³/mol. The van der Waals surface area contributed by atoms with Gasteiger partial charge in [-0.05, 0) is 44.0 Å². The highest BCUT2D eigenvalue weighted by Crippen LogP contribution is 2.28. The first-order chi connectivity index (χ1) is 10.7. The Morgan fingerprint density at radius 3 is 2.91 bits per heavy atom. The van der Waals surface area contributed by atoms with Crippen LogP contribution in [0.1, 0.15) is 23.3 Å². The van der Waals surface area contributed by atoms with E-state index in [2.05, 4.69) is 20.4 Å². The van der Waals surface area contributed by atoms with E-state index in [4.69, 9.17) is 4.74 Å². The molecule has 0 spiro atoms. The summed E-state index contributed by atoms with van der Waals surface area (Å²) in [4.78, 5) is 15.0. The van der Waals surface area contributed by atoms with Gasteiger partial charge in [0.05, 0.1) is 12.6 Å². The fraction of sp³-hybridized carbons (Fsp3) is 0.500. The van der Waals surface area contributed by atoms with E-state index in [1.54, 1.807) is 7.11 Å². The monoisotopic (exact) mass is 300 g/mol. The number of fused-ring (bicyclic) bond motifs is 4. The van der Waals surface area contributed by atoms with Crippen LogP contribution in [0.4, 0.5) is 0 Å². The molecule has 2 aromatic rings. The highest BCUT2D eigenvalue weighted by atomic mass is 16.5. The summed E-state index contributed by atoms with van der Waals surface area (Å²) in [6.07, 6.45) is 2.37. The highest BCUT2D eigenvalue weighted by molar-refractivity contribution is 6.05. The van der Waals surface area contributed by atoms with E-state index in [1.165, 1.54) is 25.9 Å². The maximum Gasteiger partial charge on any atom is 0.272 e. The summed E-state index contributed by atoms with van der Waals surface area (Å²) in [7, 11) is 1.62. The minimum atomic E-state index is -0.0878. The largest absolute Gasteiger partial charge is 0.497 e. The Bertz CT molecular complexity index is 703. The SMILES string of the molecule is COc1ccc2c(C(=O)NC3CN4CCC3CC4)n[nH]c2c1. The quantitative estimate of drug-likeness (QED) is 0.899. The molecule has 1 amide bonds. The number of benzene rings is 1. The molecule has 3 aliphatic heterocycles. The lowest BCUT2D eigenvalue weighted by Gasteiger charge is -2.44. The summed E-state index contributed by atoms with van der Waals surface area (Å²) in [6, 6.07) is 5.83. The van der Waals surface area contributed by atoms with Gasteiger partial charge in [0.1, 0.15) is 5.75 Å². The summed E-state index contributed by atoms with van der Waals surface area (Å²) in [5.74, 6) is 1.27. The third-order valence-electron chi connectivity index (χ3n) is 4.96. The molecule has 6 nitrogen and oxygen atoms in total. The third kappa shape index (κ3) is 2.23. The lowest BCUT2D eigenvalue weighted by atomic mass is 9.84. The van der Waals surface area contributed by atoms with E-state index in [0.717, 1.165) is 23.2 Å². The van der Waals surface area contributed by atoms with Gasteiger partial charge in [-0.1, -0.05) is 0 Å². The molecule has 116 valence electrons. The second kappa shape index (κ2) is 5.28. The van der Waals surface area contributed by atoms with Crippen molar-refractivity contribution in [2.75, 3.05) is 26.7 Å². The smallest absolute Gasteiger partial charge is 0.272 e. The number of methoxy groups -OCH3 is 1. The minimum absolute atomic E-state index is 0.0878. The van der Waals surface area contributed by atoms with Crippen molar-refractivity contribution in [3.8, 4) is 5.75 Å². The van der Waals surface area contributed by atoms with E-state index in [1.807, 2.05) is 18.2 Å². The average Bonchev–Trinajstić information content (AvgIpc) is 2.99. The lowest BCUT2D eigenvalue weighted by molar-refractivity contribution is 0.0618. The molecule has 5 rings (SSSR count). The number of amides is 1. The first-order valence-corrected chi connectivity index (χ1v) is 7.80. The Balaban J connectivity index is 1.55. The standard InChI is InChI=1S/C16H20N4O2/c1-22-11-2-3-12-13(8-11)18-19-15(12)16(21)17-14-9-20-6-4-10(14)5-7-20/h2-3,8,10,14H,4-7,9H2,1H3,(H,17,21)(H,18,19). The number of piperidine rings is 3. The summed E-state index contributed by atoms with van der Waals surface area (Å²) in [5.41, 5.74) is 1.28. The van der Waals surface area contributed by atoms with Gasteiger partial charge in [0.25, 0.3) is 5.91 Å². The Morgan fingerprint density at radius 2 is 2.23 bits per heavy atom. The number of hydrogen-bond donors (Lipinski definition) is 2. The van der Waals surface area contributed by atoms with Gasteiger partial charge < -0.3 is 15.0 Å². The number of aromatic amines is 1. The normalized spacial score (nSPS) is 27.0. The van der Waals surface area contributed by atoms with Crippen LogP contribution < -0.4 is 10.1 Å². The second-order valence-corrected chi connectivity index (χ2v) is 6.20. The number of H-pyrrole nitrogens is 1. The number of hydrogen-bond acceptors (Lipinski definition) is 4. The van der Waals surface area contributed by atoms with Crippen LogP contribution in [0.25, 0.3) is 10.9 Å². The Labute approximate surface area is 128 Å². The molecule has 2 bridgehead atoms. The van der Waals surface area contributed by atoms with Crippen LogP contribution in [0.3, 0.4) is 0 Å². The third-order valence-corrected chi connectivity index (χ3v) is 4.96. The number of nitrogens with zero attached hydrogens (tertiary/aromatic N) is 2. The molecule has 1 aromatic heterocycles. The van der Waals surface area contributed by atoms with E-state index >= 15 is 0 Å². The molecule has 4 heterocycles. The van der Waals surface area contributed by atoms with Crippen molar-refractivity contribution in [3.63, 3.8) is 0 Å². The van der Waals surface area contributed by atoms with Crippen LogP contribution in [-0.2, 0) is 0 Å². The fourth-order valence-corrected chi connectivity index (χ4v) is 3.66. The van der Waals surface area contributed by atoms with Crippen LogP contribution in [0.2, 0.25) is 0 Å². The highest BCUT2D eigenvalue weighted by Gasteiger charge is 2.35. The Hall–Kier alpha value is -2.08. The predicted octanol–water partition coefficient (Wildman–Crippen LogP) is 1.40. The molecule has 0 radical (unpaired) electrons. The van der Waals surface area contributed by atoms with Crippen molar-refractivity contribution in [2.45, 2.75) is 18.9 Å². The molecular weight excluding hydrogens is 280 g/mol. The number of rotatable bonds is 3. The molecule has 22 heavy (non-hydrogen) atoms. The Kier molecular flexibility index (Phi) is 3.26. The molecule has 6 heteroatoms. The van der Waals surface area contributed by atoms with Gasteiger partial charge >= 0.3 is 0 Å². The van der Waals surface area contributed by atoms with Gasteiger partial charge in [-0.25, -0.2) is 0 Å². The van der Waals surface area contributed by atoms with Crippen molar-refractivity contribution in [3.05, 3.63) is 23.9 Å². The van der Waals surface area contributed by atoms with Crippen molar-refractivity contribution in [2.24, 2.45) is 5.92 Å². The van der Waals surface area contributed by atoms with Crippen LogP contribution in [0.15, 0.2) is 18.2 Å². The zero-order valence-corrected chi connectivity index (χ0v) is 12.6. The molecule has 1 unspecified atom stereocenters. The first-order valence-electron chi connectivity index (χ1n) is 7.80. The molecule has 2 N–H and O–H groups in total. The maximum absolute atomic E-state index is 12.6. The van der Waals surface area contributed by atoms with Gasteiger partial charge in [-0.2, -0.15) is 5.10 Å². The van der Waals surface area contributed by atoms with E-state index in [-0.39, 0.29) is 11.9 Å². The molecule has 0 aliphatic carbocycles. The van der Waals surface area contributed by atoms with Gasteiger partial charge in [0, 0.05) is 24.0 Å². The lowest BCUT2D eigenvalue weighted by Crippen LogP contribution is -2.57. The van der Waals surface area contributed by atoms with Gasteiger partial charge in [0.2, 0.25) is 0 Å². The van der Waals surface area contributed by atoms with Crippen LogP contribution in [0, 0.1) is 5.92 Å². The summed E-state index contributed by atoms with van der Waals surface area (Å²) < 4.78 is 5.19. The molecule has 0 saturated carbocycles. The van der Waals surface area contributed by atoms with E-state index in [9.17, 15) is 4.79 Å². The van der Waals surface area contributed by atoms with Crippen molar-refractivity contribution < 1.29 is 9.53 Å². The molecule has 3 saturated heterocycles. The Morgan fingerprint density at radius 1 is 1.41 bits per heavy atom. The fourth-order valence-electron chi connectivity index (χ4n) is 3.66. The van der Waals surface area contributed by atoms with Crippen molar-refractivity contribution >= 4 is 16.8 Å². The van der Waals surface area contributed by atoms with Crippen LogP contribution >= 0.6 is 0 Å². The zero-order valence-electron chi connectivity index (χ0n) is 12.6. The zero-order chi connectivity index (χ0) is 15.1. The van der Waals surface area contributed by atoms with Gasteiger partial charge in [-0.3, -0.25) is 9.89 Å². The molecular formula is C16H20N4O2. The van der Waals surface area contributed by atoms with Crippen molar-refractivity contribution in [1.29, 1.82) is 0 Å². The van der Waals surface area contributed by atoms with E-state index in [0.29, 0.717) is 11.6 Å². The number of aromatic nitrogens is 2. The maximum atomic E-state index is 12.6. The number of nitrogens with one attached hydrogen (secondary N) is 2. The van der Waals surface area contributed by atoms with Crippen LogP contribution in [-0.4, -0.2) is 53.8 Å². The minimum Gasteiger partial charge on any atom is -0.497 e. The first kappa shape index (κ1) is 13.6. The number of carbonyl (C=O) groups is 1. The average molecular weight is 300 g/mol. The summed E-state index contributed by atoms with van der Waals surface area (Å²) in [5, 5.41) is 11.1. The summed E-state index contributed by atoms with van der Waals surface area (Å²) >= 11 is 0. The molecule has 3 fully saturated rings. The van der Waals surface area contributed by atoms with Gasteiger partial charge in [-0.15, -0.1) is 0 Å². The van der Waals surface area contributed by atoms with Crippen LogP contribution in [0.5, 0.6) is 5.75 Å². The topological polar surface area (TPSA) is 70.2 Å². The molecule has 1 atom stereocenters. The molecule has 1 aromatic carbocycles.